The molecule has 0 aliphatic rings. The van der Waals surface area contributed by atoms with Gasteiger partial charge in [-0.2, -0.15) is 0 Å². The summed E-state index contributed by atoms with van der Waals surface area (Å²) in [6.07, 6.45) is 1.01. The fourth-order valence-electron chi connectivity index (χ4n) is 1.36. The third kappa shape index (κ3) is 1.46. The highest BCUT2D eigenvalue weighted by molar-refractivity contribution is 7.19. The summed E-state index contributed by atoms with van der Waals surface area (Å²) in [4.78, 5) is 12.0. The van der Waals surface area contributed by atoms with Gasteiger partial charge < -0.3 is 4.79 Å². The van der Waals surface area contributed by atoms with Crippen LogP contribution in [0.4, 0.5) is 0 Å². The number of benzene rings is 1. The van der Waals surface area contributed by atoms with E-state index in [2.05, 4.69) is 18.2 Å². The zero-order chi connectivity index (χ0) is 10.2. The fourth-order valence-corrected chi connectivity index (χ4v) is 2.48. The first-order chi connectivity index (χ1) is 6.63. The molecule has 0 radical (unpaired) electrons. The smallest absolute Gasteiger partial charge is 0.130 e. The summed E-state index contributed by atoms with van der Waals surface area (Å²) in [6, 6.07) is 10.3. The van der Waals surface area contributed by atoms with Crippen LogP contribution in [0.2, 0.25) is 0 Å². The Kier molecular flexibility index (Phi) is 2.16. The number of carbonyl (C=O) groups excluding carboxylic acids is 1. The van der Waals surface area contributed by atoms with Crippen molar-refractivity contribution in [2.24, 2.45) is 0 Å². The van der Waals surface area contributed by atoms with Crippen LogP contribution in [-0.2, 0) is 10.2 Å². The Morgan fingerprint density at radius 1 is 1.29 bits per heavy atom. The van der Waals surface area contributed by atoms with Crippen molar-refractivity contribution in [1.29, 1.82) is 0 Å². The second-order valence-corrected chi connectivity index (χ2v) is 5.07. The molecule has 1 nitrogen and oxygen atoms in total. The first-order valence-electron chi connectivity index (χ1n) is 4.59. The quantitative estimate of drug-likeness (QED) is 0.685. The highest BCUT2D eigenvalue weighted by Crippen LogP contribution is 2.33. The number of hydrogen-bond acceptors (Lipinski definition) is 2. The Bertz CT molecular complexity index is 435. The van der Waals surface area contributed by atoms with E-state index < -0.39 is 0 Å². The summed E-state index contributed by atoms with van der Waals surface area (Å²) >= 11 is 1.70. The number of fused-ring (bicyclic) bond motifs is 1. The average molecular weight is 204 g/mol. The fraction of sp³-hybridized carbons (Fsp3) is 0.250. The van der Waals surface area contributed by atoms with Gasteiger partial charge in [-0.1, -0.05) is 18.2 Å². The molecule has 0 saturated carbocycles. The van der Waals surface area contributed by atoms with Crippen molar-refractivity contribution in [3.63, 3.8) is 0 Å². The number of rotatable bonds is 2. The van der Waals surface area contributed by atoms with Crippen molar-refractivity contribution >= 4 is 27.7 Å². The monoisotopic (exact) mass is 204 g/mol. The van der Waals surface area contributed by atoms with Crippen molar-refractivity contribution in [3.8, 4) is 0 Å². The first-order valence-corrected chi connectivity index (χ1v) is 5.40. The molecule has 2 rings (SSSR count). The second-order valence-electron chi connectivity index (χ2n) is 3.99. The zero-order valence-electron chi connectivity index (χ0n) is 8.28. The normalized spacial score (nSPS) is 11.9. The molecule has 0 fully saturated rings. The molecule has 1 heterocycles. The van der Waals surface area contributed by atoms with E-state index in [4.69, 9.17) is 0 Å². The Morgan fingerprint density at radius 2 is 2.00 bits per heavy atom. The van der Waals surface area contributed by atoms with Gasteiger partial charge in [0.1, 0.15) is 6.29 Å². The Balaban J connectivity index is 2.60. The lowest BCUT2D eigenvalue weighted by Gasteiger charge is -2.13. The van der Waals surface area contributed by atoms with Gasteiger partial charge in [0.05, 0.1) is 5.41 Å². The van der Waals surface area contributed by atoms with Crippen LogP contribution in [-0.4, -0.2) is 6.29 Å². The van der Waals surface area contributed by atoms with Crippen molar-refractivity contribution in [3.05, 3.63) is 35.2 Å². The Morgan fingerprint density at radius 3 is 2.64 bits per heavy atom. The topological polar surface area (TPSA) is 17.1 Å². The molecule has 2 aromatic rings. The molecule has 1 aromatic carbocycles. The molecule has 2 heteroatoms. The maximum atomic E-state index is 10.9. The van der Waals surface area contributed by atoms with E-state index in [1.165, 1.54) is 10.1 Å². The molecule has 0 saturated heterocycles. The van der Waals surface area contributed by atoms with E-state index in [1.54, 1.807) is 11.3 Å². The highest BCUT2D eigenvalue weighted by Gasteiger charge is 2.21. The van der Waals surface area contributed by atoms with Crippen LogP contribution in [0.15, 0.2) is 30.3 Å². The van der Waals surface area contributed by atoms with Crippen molar-refractivity contribution in [2.75, 3.05) is 0 Å². The summed E-state index contributed by atoms with van der Waals surface area (Å²) in [5.74, 6) is 0. The van der Waals surface area contributed by atoms with Crippen LogP contribution in [0.1, 0.15) is 18.7 Å². The van der Waals surface area contributed by atoms with E-state index in [0.29, 0.717) is 0 Å². The molecule has 0 bridgehead atoms. The van der Waals surface area contributed by atoms with Gasteiger partial charge in [0.15, 0.2) is 0 Å². The lowest BCUT2D eigenvalue weighted by Crippen LogP contribution is -2.16. The number of aldehydes is 1. The molecule has 0 N–H and O–H groups in total. The minimum Gasteiger partial charge on any atom is -0.302 e. The molecule has 1 aromatic heterocycles. The van der Waals surface area contributed by atoms with Gasteiger partial charge in [-0.3, -0.25) is 0 Å². The van der Waals surface area contributed by atoms with Gasteiger partial charge in [0.2, 0.25) is 0 Å². The summed E-state index contributed by atoms with van der Waals surface area (Å²) < 4.78 is 1.25. The van der Waals surface area contributed by atoms with Crippen molar-refractivity contribution < 1.29 is 4.79 Å². The SMILES string of the molecule is CC(C)(C=O)c1cc2ccccc2s1. The lowest BCUT2D eigenvalue weighted by molar-refractivity contribution is -0.111. The predicted octanol–water partition coefficient (Wildman–Crippen LogP) is 3.38. The van der Waals surface area contributed by atoms with Crippen molar-refractivity contribution in [1.82, 2.24) is 0 Å². The van der Waals surface area contributed by atoms with Crippen LogP contribution in [0.5, 0.6) is 0 Å². The van der Waals surface area contributed by atoms with Gasteiger partial charge in [0, 0.05) is 9.58 Å². The van der Waals surface area contributed by atoms with Gasteiger partial charge in [-0.05, 0) is 31.4 Å². The number of thiophene rings is 1. The molecular weight excluding hydrogens is 192 g/mol. The zero-order valence-corrected chi connectivity index (χ0v) is 9.10. The van der Waals surface area contributed by atoms with Crippen LogP contribution in [0.3, 0.4) is 0 Å². The van der Waals surface area contributed by atoms with Gasteiger partial charge in [0.25, 0.3) is 0 Å². The van der Waals surface area contributed by atoms with Crippen LogP contribution < -0.4 is 0 Å². The predicted molar refractivity (Wildman–Crippen MR) is 60.9 cm³/mol. The minimum absolute atomic E-state index is 0.357. The first kappa shape index (κ1) is 9.41. The minimum atomic E-state index is -0.357. The standard InChI is InChI=1S/C12H12OS/c1-12(2,8-13)11-7-9-5-3-4-6-10(9)14-11/h3-8H,1-2H3. The molecule has 0 unspecified atom stereocenters. The second kappa shape index (κ2) is 3.21. The van der Waals surface area contributed by atoms with E-state index in [9.17, 15) is 4.79 Å². The Labute approximate surface area is 87.4 Å². The molecule has 72 valence electrons. The summed E-state index contributed by atoms with van der Waals surface area (Å²) in [6.45, 7) is 3.90. The van der Waals surface area contributed by atoms with E-state index in [0.717, 1.165) is 11.2 Å². The summed E-state index contributed by atoms with van der Waals surface area (Å²) in [7, 11) is 0. The molecular formula is C12H12OS. The van der Waals surface area contributed by atoms with Crippen LogP contribution in [0.25, 0.3) is 10.1 Å². The molecule has 14 heavy (non-hydrogen) atoms. The van der Waals surface area contributed by atoms with Crippen LogP contribution in [0, 0.1) is 0 Å². The number of hydrogen-bond donors (Lipinski definition) is 0. The Hall–Kier alpha value is -1.15. The molecule has 0 aliphatic carbocycles. The van der Waals surface area contributed by atoms with Crippen LogP contribution >= 0.6 is 11.3 Å². The third-order valence-electron chi connectivity index (χ3n) is 2.36. The maximum absolute atomic E-state index is 10.9. The van der Waals surface area contributed by atoms with Gasteiger partial charge >= 0.3 is 0 Å². The van der Waals surface area contributed by atoms with Crippen molar-refractivity contribution in [2.45, 2.75) is 19.3 Å². The molecule has 0 spiro atoms. The maximum Gasteiger partial charge on any atom is 0.130 e. The average Bonchev–Trinajstić information content (AvgIpc) is 2.61. The largest absolute Gasteiger partial charge is 0.302 e. The molecule has 0 amide bonds. The molecule has 0 atom stereocenters. The lowest BCUT2D eigenvalue weighted by atomic mass is 9.93. The van der Waals surface area contributed by atoms with E-state index in [1.807, 2.05) is 26.0 Å². The number of carbonyl (C=O) groups is 1. The summed E-state index contributed by atoms with van der Waals surface area (Å²) in [5, 5.41) is 1.22. The van der Waals surface area contributed by atoms with Gasteiger partial charge in [-0.25, -0.2) is 0 Å². The van der Waals surface area contributed by atoms with E-state index >= 15 is 0 Å². The molecule has 0 aliphatic heterocycles. The highest BCUT2D eigenvalue weighted by atomic mass is 32.1. The summed E-state index contributed by atoms with van der Waals surface area (Å²) in [5.41, 5.74) is -0.357. The van der Waals surface area contributed by atoms with E-state index in [-0.39, 0.29) is 5.41 Å². The third-order valence-corrected chi connectivity index (χ3v) is 3.81. The van der Waals surface area contributed by atoms with Gasteiger partial charge in [-0.15, -0.1) is 11.3 Å².